The average Bonchev–Trinajstić information content (AvgIpc) is 2.89. The van der Waals surface area contributed by atoms with Gasteiger partial charge in [0.05, 0.1) is 0 Å². The standard InChI is InChI=1S/C22H25Cl2N/c1-17(12-15-25-13-4-2-3-5-14-25)18-6-8-19(9-7-18)21-11-10-20(23)16-22(21)24/h6-12,16H,2-5,13-15H2,1H3. The molecular weight excluding hydrogens is 349 g/mol. The van der Waals surface area contributed by atoms with Gasteiger partial charge in [0.15, 0.2) is 0 Å². The van der Waals surface area contributed by atoms with Gasteiger partial charge < -0.3 is 0 Å². The molecule has 0 amide bonds. The summed E-state index contributed by atoms with van der Waals surface area (Å²) < 4.78 is 0. The fourth-order valence-corrected chi connectivity index (χ4v) is 3.86. The van der Waals surface area contributed by atoms with Crippen LogP contribution in [0.3, 0.4) is 0 Å². The highest BCUT2D eigenvalue weighted by molar-refractivity contribution is 6.36. The summed E-state index contributed by atoms with van der Waals surface area (Å²) >= 11 is 12.3. The minimum atomic E-state index is 0.665. The maximum Gasteiger partial charge on any atom is 0.0499 e. The first kappa shape index (κ1) is 18.5. The molecule has 1 saturated heterocycles. The molecule has 1 heterocycles. The van der Waals surface area contributed by atoms with Crippen LogP contribution in [0.4, 0.5) is 0 Å². The van der Waals surface area contributed by atoms with Crippen molar-refractivity contribution in [1.82, 2.24) is 4.90 Å². The van der Waals surface area contributed by atoms with Crippen molar-refractivity contribution in [2.45, 2.75) is 32.6 Å². The SMILES string of the molecule is CC(=CCN1CCCCCC1)c1ccc(-c2ccc(Cl)cc2Cl)cc1. The lowest BCUT2D eigenvalue weighted by atomic mass is 10.0. The molecule has 2 aromatic carbocycles. The summed E-state index contributed by atoms with van der Waals surface area (Å²) in [7, 11) is 0. The highest BCUT2D eigenvalue weighted by Gasteiger charge is 2.08. The van der Waals surface area contributed by atoms with Crippen molar-refractivity contribution < 1.29 is 0 Å². The fourth-order valence-electron chi connectivity index (χ4n) is 3.34. The molecule has 0 bridgehead atoms. The third-order valence-electron chi connectivity index (χ3n) is 4.94. The second-order valence-corrected chi connectivity index (χ2v) is 7.65. The van der Waals surface area contributed by atoms with Gasteiger partial charge in [0, 0.05) is 22.2 Å². The Hall–Kier alpha value is -1.28. The molecule has 0 radical (unpaired) electrons. The van der Waals surface area contributed by atoms with E-state index in [4.69, 9.17) is 23.2 Å². The maximum absolute atomic E-state index is 6.31. The van der Waals surface area contributed by atoms with Gasteiger partial charge in [-0.05, 0) is 61.7 Å². The van der Waals surface area contributed by atoms with E-state index < -0.39 is 0 Å². The zero-order valence-electron chi connectivity index (χ0n) is 14.8. The van der Waals surface area contributed by atoms with Gasteiger partial charge in [0.2, 0.25) is 0 Å². The van der Waals surface area contributed by atoms with E-state index in [9.17, 15) is 0 Å². The average molecular weight is 374 g/mol. The Morgan fingerprint density at radius 3 is 2.28 bits per heavy atom. The molecule has 0 N–H and O–H groups in total. The van der Waals surface area contributed by atoms with E-state index >= 15 is 0 Å². The number of hydrogen-bond donors (Lipinski definition) is 0. The van der Waals surface area contributed by atoms with Crippen LogP contribution in [0.1, 0.15) is 38.2 Å². The Morgan fingerprint density at radius 2 is 1.64 bits per heavy atom. The van der Waals surface area contributed by atoms with Crippen LogP contribution in [0.15, 0.2) is 48.5 Å². The molecule has 1 aliphatic heterocycles. The molecule has 3 heteroatoms. The van der Waals surface area contributed by atoms with Gasteiger partial charge in [-0.2, -0.15) is 0 Å². The third kappa shape index (κ3) is 5.10. The van der Waals surface area contributed by atoms with Crippen LogP contribution in [0.2, 0.25) is 10.0 Å². The number of rotatable bonds is 4. The number of likely N-dealkylation sites (tertiary alicyclic amines) is 1. The van der Waals surface area contributed by atoms with Crippen molar-refractivity contribution in [2.75, 3.05) is 19.6 Å². The summed E-state index contributed by atoms with van der Waals surface area (Å²) in [5.41, 5.74) is 4.73. The smallest absolute Gasteiger partial charge is 0.0499 e. The Morgan fingerprint density at radius 1 is 0.960 bits per heavy atom. The first-order valence-corrected chi connectivity index (χ1v) is 9.84. The maximum atomic E-state index is 6.31. The first-order valence-electron chi connectivity index (χ1n) is 9.08. The quantitative estimate of drug-likeness (QED) is 0.560. The van der Waals surface area contributed by atoms with Gasteiger partial charge in [0.25, 0.3) is 0 Å². The first-order chi connectivity index (χ1) is 12.1. The number of hydrogen-bond acceptors (Lipinski definition) is 1. The molecule has 132 valence electrons. The van der Waals surface area contributed by atoms with Crippen LogP contribution >= 0.6 is 23.2 Å². The van der Waals surface area contributed by atoms with E-state index in [1.807, 2.05) is 12.1 Å². The number of nitrogens with zero attached hydrogens (tertiary/aromatic N) is 1. The lowest BCUT2D eigenvalue weighted by molar-refractivity contribution is 0.316. The van der Waals surface area contributed by atoms with Crippen molar-refractivity contribution in [2.24, 2.45) is 0 Å². The van der Waals surface area contributed by atoms with E-state index in [1.54, 1.807) is 6.07 Å². The Kier molecular flexibility index (Phi) is 6.58. The molecule has 0 aromatic heterocycles. The second-order valence-electron chi connectivity index (χ2n) is 6.80. The van der Waals surface area contributed by atoms with Gasteiger partial charge >= 0.3 is 0 Å². The number of halogens is 2. The van der Waals surface area contributed by atoms with Crippen LogP contribution in [0, 0.1) is 0 Å². The molecule has 0 unspecified atom stereocenters. The number of benzene rings is 2. The zero-order valence-corrected chi connectivity index (χ0v) is 16.3. The lowest BCUT2D eigenvalue weighted by Gasteiger charge is -2.18. The minimum absolute atomic E-state index is 0.665. The molecule has 2 aromatic rings. The molecule has 0 atom stereocenters. The summed E-state index contributed by atoms with van der Waals surface area (Å²) in [5.74, 6) is 0. The minimum Gasteiger partial charge on any atom is -0.300 e. The van der Waals surface area contributed by atoms with E-state index in [2.05, 4.69) is 42.2 Å². The van der Waals surface area contributed by atoms with Crippen molar-refractivity contribution in [1.29, 1.82) is 0 Å². The molecule has 0 saturated carbocycles. The van der Waals surface area contributed by atoms with Gasteiger partial charge in [-0.15, -0.1) is 0 Å². The van der Waals surface area contributed by atoms with Gasteiger partial charge in [-0.1, -0.05) is 72.5 Å². The topological polar surface area (TPSA) is 3.24 Å². The van der Waals surface area contributed by atoms with E-state index in [-0.39, 0.29) is 0 Å². The fraction of sp³-hybridized carbons (Fsp3) is 0.364. The Balaban J connectivity index is 1.69. The molecule has 25 heavy (non-hydrogen) atoms. The molecule has 0 spiro atoms. The summed E-state index contributed by atoms with van der Waals surface area (Å²) in [6.45, 7) is 5.72. The third-order valence-corrected chi connectivity index (χ3v) is 5.48. The second kappa shape index (κ2) is 8.89. The Labute approximate surface area is 161 Å². The molecule has 1 nitrogen and oxygen atoms in total. The van der Waals surface area contributed by atoms with E-state index in [0.29, 0.717) is 10.0 Å². The summed E-state index contributed by atoms with van der Waals surface area (Å²) in [4.78, 5) is 2.57. The van der Waals surface area contributed by atoms with Gasteiger partial charge in [0.1, 0.15) is 0 Å². The van der Waals surface area contributed by atoms with Crippen LogP contribution in [0.5, 0.6) is 0 Å². The van der Waals surface area contributed by atoms with Crippen LogP contribution in [0.25, 0.3) is 16.7 Å². The summed E-state index contributed by atoms with van der Waals surface area (Å²) in [6, 6.07) is 14.3. The van der Waals surface area contributed by atoms with Crippen molar-refractivity contribution in [3.05, 3.63) is 64.1 Å². The van der Waals surface area contributed by atoms with Crippen LogP contribution in [-0.4, -0.2) is 24.5 Å². The normalized spacial score (nSPS) is 16.7. The summed E-state index contributed by atoms with van der Waals surface area (Å²) in [6.07, 6.45) is 7.80. The van der Waals surface area contributed by atoms with Crippen molar-refractivity contribution in [3.8, 4) is 11.1 Å². The molecule has 0 aliphatic carbocycles. The Bertz CT molecular complexity index is 726. The van der Waals surface area contributed by atoms with Crippen molar-refractivity contribution >= 4 is 28.8 Å². The lowest BCUT2D eigenvalue weighted by Crippen LogP contribution is -2.24. The predicted molar refractivity (Wildman–Crippen MR) is 110 cm³/mol. The monoisotopic (exact) mass is 373 g/mol. The van der Waals surface area contributed by atoms with Gasteiger partial charge in [-0.3, -0.25) is 4.90 Å². The molecular formula is C22H25Cl2N. The molecule has 1 fully saturated rings. The van der Waals surface area contributed by atoms with E-state index in [1.165, 1.54) is 49.9 Å². The van der Waals surface area contributed by atoms with E-state index in [0.717, 1.165) is 17.7 Å². The molecule has 1 aliphatic rings. The largest absolute Gasteiger partial charge is 0.300 e. The highest BCUT2D eigenvalue weighted by Crippen LogP contribution is 2.31. The van der Waals surface area contributed by atoms with Gasteiger partial charge in [-0.25, -0.2) is 0 Å². The predicted octanol–water partition coefficient (Wildman–Crippen LogP) is 6.94. The number of allylic oxidation sites excluding steroid dienone is 1. The van der Waals surface area contributed by atoms with Crippen LogP contribution < -0.4 is 0 Å². The highest BCUT2D eigenvalue weighted by atomic mass is 35.5. The van der Waals surface area contributed by atoms with Crippen LogP contribution in [-0.2, 0) is 0 Å². The summed E-state index contributed by atoms with van der Waals surface area (Å²) in [5, 5.41) is 1.35. The zero-order chi connectivity index (χ0) is 17.6. The molecule has 3 rings (SSSR count). The van der Waals surface area contributed by atoms with Crippen molar-refractivity contribution in [3.63, 3.8) is 0 Å².